The molecular weight excluding hydrogens is 582 g/mol. The number of ketones is 1. The molecule has 2 heterocycles. The van der Waals surface area contributed by atoms with Crippen LogP contribution in [0.15, 0.2) is 60.7 Å². The largest absolute Gasteiger partial charge is 0.394 e. The van der Waals surface area contributed by atoms with E-state index >= 15 is 0 Å². The Morgan fingerprint density at radius 2 is 1.60 bits per heavy atom. The van der Waals surface area contributed by atoms with Crippen LogP contribution in [0, 0.1) is 25.2 Å². The molecule has 0 spiro atoms. The van der Waals surface area contributed by atoms with Crippen LogP contribution in [0.25, 0.3) is 0 Å². The zero-order chi connectivity index (χ0) is 30.5. The van der Waals surface area contributed by atoms with Crippen molar-refractivity contribution in [1.82, 2.24) is 4.90 Å². The summed E-state index contributed by atoms with van der Waals surface area (Å²) in [5.41, 5.74) is 6.84. The number of para-hydroxylation sites is 2. The quantitative estimate of drug-likeness (QED) is 0.299. The Bertz CT molecular complexity index is 1530. The first-order valence-electron chi connectivity index (χ1n) is 15.2. The first-order valence-corrected chi connectivity index (χ1v) is 15.2. The summed E-state index contributed by atoms with van der Waals surface area (Å²) in [6, 6.07) is 21.6. The number of piperidine rings is 1. The van der Waals surface area contributed by atoms with Crippen LogP contribution in [0.2, 0.25) is 0 Å². The number of aryl methyl sites for hydroxylation is 2. The van der Waals surface area contributed by atoms with Crippen molar-refractivity contribution in [2.75, 3.05) is 54.4 Å². The molecular formula is C36H47N5O3S. The van der Waals surface area contributed by atoms with Gasteiger partial charge in [0.2, 0.25) is 0 Å². The molecule has 5 rings (SSSR count). The number of aliphatic hydroxyl groups is 1. The van der Waals surface area contributed by atoms with Crippen LogP contribution >= 0.6 is 13.5 Å². The molecule has 0 unspecified atom stereocenters. The number of aliphatic hydroxyl groups excluding tert-OH is 1. The molecule has 2 saturated heterocycles. The summed E-state index contributed by atoms with van der Waals surface area (Å²) in [6.07, 6.45) is 2.27. The number of hydrogen-bond acceptors (Lipinski definition) is 7. The van der Waals surface area contributed by atoms with Crippen LogP contribution < -0.4 is 15.1 Å². The number of piperazine rings is 1. The summed E-state index contributed by atoms with van der Waals surface area (Å²) >= 11 is 0. The van der Waals surface area contributed by atoms with Crippen molar-refractivity contribution in [1.29, 1.82) is 5.26 Å². The summed E-state index contributed by atoms with van der Waals surface area (Å²) < 4.78 is 0. The van der Waals surface area contributed by atoms with Crippen molar-refractivity contribution in [3.63, 3.8) is 0 Å². The average Bonchev–Trinajstić information content (AvgIpc) is 3.05. The number of nitriles is 1. The van der Waals surface area contributed by atoms with Crippen LogP contribution in [0.3, 0.4) is 0 Å². The van der Waals surface area contributed by atoms with Crippen molar-refractivity contribution >= 4 is 42.2 Å². The third-order valence-electron chi connectivity index (χ3n) is 8.84. The maximum Gasteiger partial charge on any atom is 0.254 e. The van der Waals surface area contributed by atoms with Gasteiger partial charge in [0.15, 0.2) is 5.78 Å². The highest BCUT2D eigenvalue weighted by Gasteiger charge is 2.32. The lowest BCUT2D eigenvalue weighted by molar-refractivity contribution is 0.0697. The molecule has 0 radical (unpaired) electrons. The lowest BCUT2D eigenvalue weighted by Gasteiger charge is -2.42. The van der Waals surface area contributed by atoms with Crippen molar-refractivity contribution in [3.05, 3.63) is 88.5 Å². The molecule has 2 aliphatic rings. The van der Waals surface area contributed by atoms with Gasteiger partial charge >= 0.3 is 0 Å². The molecule has 2 N–H and O–H groups in total. The Hall–Kier alpha value is -4.00. The third kappa shape index (κ3) is 7.63. The van der Waals surface area contributed by atoms with Gasteiger partial charge in [-0.25, -0.2) is 0 Å². The Kier molecular flexibility index (Phi) is 12.5. The van der Waals surface area contributed by atoms with E-state index in [4.69, 9.17) is 0 Å². The number of hydrogen-bond donors (Lipinski definition) is 2. The SMILES string of the molecule is C.CCC(=O)c1ccccc1N1CCN(C(=O)c2cc(NC3CCN(c4ccccc4C#N)CC3)c(C)cc2C)C[C@H]1CO.S. The number of anilines is 3. The summed E-state index contributed by atoms with van der Waals surface area (Å²) in [7, 11) is 0. The van der Waals surface area contributed by atoms with E-state index in [9.17, 15) is 20.0 Å². The van der Waals surface area contributed by atoms with E-state index in [2.05, 4.69) is 34.2 Å². The standard InChI is InChI=1S/C35H41N5O3.CH4.H2S/c1-4-34(42)29-10-6-8-12-33(29)40-18-17-39(22-28(40)23-41)35(43)30-20-31(25(3)19-24(30)2)37-27-13-15-38(16-14-27)32-11-7-5-9-26(32)21-36;;/h5-12,19-20,27-28,37,41H,4,13-18,22-23H2,1-3H3;1H4;1H2/t28-;;/m0../s1. The number of Topliss-reactive ketones (excluding diaryl/α,β-unsaturated/α-hetero) is 1. The maximum atomic E-state index is 13.9. The van der Waals surface area contributed by atoms with Gasteiger partial charge in [0.25, 0.3) is 5.91 Å². The number of rotatable bonds is 8. The van der Waals surface area contributed by atoms with Gasteiger partial charge in [-0.15, -0.1) is 0 Å². The minimum Gasteiger partial charge on any atom is -0.394 e. The number of nitrogens with zero attached hydrogens (tertiary/aromatic N) is 4. The third-order valence-corrected chi connectivity index (χ3v) is 8.84. The molecule has 1 atom stereocenters. The van der Waals surface area contributed by atoms with E-state index in [0.29, 0.717) is 42.7 Å². The number of carbonyl (C=O) groups is 2. The highest BCUT2D eigenvalue weighted by molar-refractivity contribution is 7.59. The Balaban J connectivity index is 0.00000276. The Labute approximate surface area is 275 Å². The van der Waals surface area contributed by atoms with Gasteiger partial charge in [0.05, 0.1) is 23.9 Å². The summed E-state index contributed by atoms with van der Waals surface area (Å²) in [5, 5.41) is 23.5. The van der Waals surface area contributed by atoms with E-state index in [0.717, 1.165) is 54.1 Å². The second-order valence-electron chi connectivity index (χ2n) is 11.6. The van der Waals surface area contributed by atoms with E-state index in [1.54, 1.807) is 0 Å². The van der Waals surface area contributed by atoms with Gasteiger partial charge in [-0.05, 0) is 68.1 Å². The number of benzene rings is 3. The molecule has 240 valence electrons. The molecule has 1 amide bonds. The fourth-order valence-electron chi connectivity index (χ4n) is 6.40. The topological polar surface area (TPSA) is 99.9 Å². The summed E-state index contributed by atoms with van der Waals surface area (Å²) in [4.78, 5) is 32.7. The molecule has 2 fully saturated rings. The minimum absolute atomic E-state index is 0. The monoisotopic (exact) mass is 629 g/mol. The minimum atomic E-state index is -0.303. The van der Waals surface area contributed by atoms with Gasteiger partial charge < -0.3 is 25.1 Å². The average molecular weight is 630 g/mol. The molecule has 3 aromatic carbocycles. The fraction of sp³-hybridized carbons (Fsp3) is 0.417. The van der Waals surface area contributed by atoms with Gasteiger partial charge in [0, 0.05) is 67.7 Å². The molecule has 2 aliphatic heterocycles. The van der Waals surface area contributed by atoms with Crippen LogP contribution in [-0.4, -0.2) is 73.1 Å². The Morgan fingerprint density at radius 1 is 0.933 bits per heavy atom. The molecule has 0 saturated carbocycles. The van der Waals surface area contributed by atoms with Crippen molar-refractivity contribution < 1.29 is 14.7 Å². The maximum absolute atomic E-state index is 13.9. The molecule has 0 aromatic heterocycles. The molecule has 45 heavy (non-hydrogen) atoms. The smallest absolute Gasteiger partial charge is 0.254 e. The predicted molar refractivity (Wildman–Crippen MR) is 188 cm³/mol. The summed E-state index contributed by atoms with van der Waals surface area (Å²) in [6.45, 7) is 8.90. The number of carbonyl (C=O) groups excluding carboxylic acids is 2. The molecule has 3 aromatic rings. The molecule has 8 nitrogen and oxygen atoms in total. The Morgan fingerprint density at radius 3 is 2.27 bits per heavy atom. The lowest BCUT2D eigenvalue weighted by Crippen LogP contribution is -2.56. The molecule has 0 aliphatic carbocycles. The number of nitrogens with one attached hydrogen (secondary N) is 1. The number of amides is 1. The van der Waals surface area contributed by atoms with Gasteiger partial charge in [-0.1, -0.05) is 44.7 Å². The highest BCUT2D eigenvalue weighted by Crippen LogP contribution is 2.30. The van der Waals surface area contributed by atoms with E-state index in [1.165, 1.54) is 0 Å². The normalized spacial score (nSPS) is 16.7. The second-order valence-corrected chi connectivity index (χ2v) is 11.6. The van der Waals surface area contributed by atoms with Gasteiger partial charge in [-0.3, -0.25) is 9.59 Å². The van der Waals surface area contributed by atoms with Crippen LogP contribution in [0.4, 0.5) is 17.1 Å². The van der Waals surface area contributed by atoms with Gasteiger partial charge in [-0.2, -0.15) is 18.8 Å². The van der Waals surface area contributed by atoms with Crippen LogP contribution in [0.1, 0.15) is 71.0 Å². The highest BCUT2D eigenvalue weighted by atomic mass is 32.1. The zero-order valence-corrected chi connectivity index (χ0v) is 26.8. The lowest BCUT2D eigenvalue weighted by atomic mass is 9.98. The first kappa shape index (κ1) is 35.5. The van der Waals surface area contributed by atoms with Crippen molar-refractivity contribution in [3.8, 4) is 6.07 Å². The van der Waals surface area contributed by atoms with Crippen LogP contribution in [-0.2, 0) is 0 Å². The van der Waals surface area contributed by atoms with Crippen LogP contribution in [0.5, 0.6) is 0 Å². The van der Waals surface area contributed by atoms with Crippen molar-refractivity contribution in [2.24, 2.45) is 0 Å². The molecule has 0 bridgehead atoms. The molecule has 9 heteroatoms. The first-order chi connectivity index (χ1) is 20.8. The van der Waals surface area contributed by atoms with Gasteiger partial charge in [0.1, 0.15) is 6.07 Å². The fourth-order valence-corrected chi connectivity index (χ4v) is 6.40. The van der Waals surface area contributed by atoms with E-state index in [-0.39, 0.29) is 51.3 Å². The summed E-state index contributed by atoms with van der Waals surface area (Å²) in [5.74, 6) is 0.0262. The van der Waals surface area contributed by atoms with Crippen molar-refractivity contribution in [2.45, 2.75) is 59.5 Å². The zero-order valence-electron chi connectivity index (χ0n) is 25.8. The predicted octanol–water partition coefficient (Wildman–Crippen LogP) is 5.92. The van der Waals surface area contributed by atoms with E-state index < -0.39 is 0 Å². The second kappa shape index (κ2) is 15.8. The van der Waals surface area contributed by atoms with E-state index in [1.807, 2.05) is 73.3 Å².